The highest BCUT2D eigenvalue weighted by molar-refractivity contribution is 7.95. The number of sulfonamides is 2. The molecular formula is C121H121F5N10O12S2. The molecule has 0 spiro atoms. The van der Waals surface area contributed by atoms with Crippen molar-refractivity contribution in [2.75, 3.05) is 25.4 Å². The van der Waals surface area contributed by atoms with Crippen LogP contribution in [-0.2, 0) is 134 Å². The predicted octanol–water partition coefficient (Wildman–Crippen LogP) is 22.8. The van der Waals surface area contributed by atoms with E-state index in [1.54, 1.807) is 141 Å². The maximum atomic E-state index is 14.3. The number of carbonyl (C=O) groups excluding carboxylic acids is 3. The van der Waals surface area contributed by atoms with Crippen molar-refractivity contribution in [2.24, 2.45) is 35.2 Å². The van der Waals surface area contributed by atoms with Gasteiger partial charge in [-0.1, -0.05) is 182 Å². The fraction of sp³-hybridized carbons (Fsp3) is 0.190. The van der Waals surface area contributed by atoms with Gasteiger partial charge < -0.3 is 38.8 Å². The molecule has 15 aromatic rings. The lowest BCUT2D eigenvalue weighted by Crippen LogP contribution is -2.20. The number of hydrogen-bond donors (Lipinski definition) is 5. The minimum atomic E-state index is -3.75. The van der Waals surface area contributed by atoms with Crippen LogP contribution in [-0.4, -0.2) is 57.4 Å². The van der Waals surface area contributed by atoms with Gasteiger partial charge in [0, 0.05) is 157 Å². The summed E-state index contributed by atoms with van der Waals surface area (Å²) in [5.41, 5.74) is 24.2. The SMILES string of the molecule is C=CC(=O)Nc1ccc(Cc2c(F)cccc2F)c(-c2cc(CC)c(=O)n(C)c2)c1.C=CC(=O)Nc1ccc(Cc2ccc(C)c(F)c2)c(-c2cc(CC)c(=O)n(C)c2)c1.C=CC(=O)Nc1ccc(Cc2ccc(C)cc2)c(-c2cc(CC)c(=O)n(C)c2)c1.C=CS(=O)(=O)Nc1ccc(Cc2c(F)cccc2F)c(-c2cc(CC)c(=O)n(C)c2)c1.C=CS(=O)(=O)Nc1ccc(Cc2ccc(C)cc2)c(-c2cc(CC)c(=O)n(C)c2)c1. The van der Waals surface area contributed by atoms with Crippen molar-refractivity contribution < 1.29 is 53.2 Å². The minimum Gasteiger partial charge on any atom is -0.323 e. The lowest BCUT2D eigenvalue weighted by atomic mass is 9.93. The summed E-state index contributed by atoms with van der Waals surface area (Å²) in [5, 5.41) is 9.98. The molecule has 5 aromatic heterocycles. The molecule has 774 valence electrons. The number of pyridine rings is 5. The number of halogens is 5. The third-order valence-corrected chi connectivity index (χ3v) is 27.1. The molecule has 10 aromatic carbocycles. The molecule has 0 aliphatic carbocycles. The van der Waals surface area contributed by atoms with Gasteiger partial charge in [0.25, 0.3) is 47.8 Å². The van der Waals surface area contributed by atoms with Crippen molar-refractivity contribution >= 4 is 66.2 Å². The van der Waals surface area contributed by atoms with Gasteiger partial charge in [0.2, 0.25) is 17.7 Å². The number of anilines is 5. The van der Waals surface area contributed by atoms with E-state index in [2.05, 4.69) is 114 Å². The number of nitrogens with zero attached hydrogens (tertiary/aromatic N) is 5. The quantitative estimate of drug-likeness (QED) is 0.0194. The monoisotopic (exact) mass is 2060 g/mol. The number of amides is 3. The predicted molar refractivity (Wildman–Crippen MR) is 595 cm³/mol. The van der Waals surface area contributed by atoms with Gasteiger partial charge in [0.1, 0.15) is 29.1 Å². The number of nitrogens with one attached hydrogen (secondary N) is 5. The van der Waals surface area contributed by atoms with Crippen LogP contribution in [0.2, 0.25) is 0 Å². The molecule has 0 fully saturated rings. The maximum absolute atomic E-state index is 14.3. The number of rotatable bonds is 32. The van der Waals surface area contributed by atoms with Crippen LogP contribution in [0.1, 0.15) is 135 Å². The lowest BCUT2D eigenvalue weighted by Gasteiger charge is -2.15. The van der Waals surface area contributed by atoms with Gasteiger partial charge in [-0.25, -0.2) is 38.8 Å². The molecular weight excluding hydrogens is 1940 g/mol. The van der Waals surface area contributed by atoms with Crippen LogP contribution in [0.4, 0.5) is 50.4 Å². The largest absolute Gasteiger partial charge is 0.323 e. The number of benzene rings is 10. The molecule has 0 aliphatic heterocycles. The highest BCUT2D eigenvalue weighted by Crippen LogP contribution is 2.38. The standard InChI is InChI=1S/C25H25FN2O2.C25H26N2O2.C24H22F2N2O2.C24H26N2O3S.C23H22F2N2O3S/c1-5-18-13-20(15-28(4)25(18)30)22-14-21(27-24(29)6-2)10-9-19(22)11-17-8-7-16(3)23(26)12-17;1-5-19-14-21(16-27(4)25(19)29)23-15-22(26-24(28)6-2)12-11-20(23)13-18-9-7-17(3)8-10-18;1-4-15-11-17(14-28(3)24(15)30)19-13-18(27-23(29)5-2)10-9-16(19)12-20-21(25)7-6-8-22(20)26;1-5-19-14-21(16-26(4)24(19)27)23-15-22(25-30(28,29)6-2)12-11-20(23)13-18-9-7-17(3)8-10-18;1-4-15-11-17(14-27(3)23(15)28)19-13-18(26-31(29,30)5-2)10-9-16(19)12-20-21(24)7-6-8-22(20)25/h6-10,12-15H,2,5,11H2,1,3-4H3,(H,27,29);6-12,14-16H,2,5,13H2,1,3-4H3,(H,26,28);5-11,13-14H,2,4,12H2,1,3H3,(H,27,29);6-12,14-16,25H,2,5,13H2,1,3-4H3;5-11,13-14,26H,2,4,12H2,1,3H3. The van der Waals surface area contributed by atoms with E-state index in [-0.39, 0.29) is 81.0 Å². The third-order valence-electron chi connectivity index (χ3n) is 25.1. The second-order valence-electron chi connectivity index (χ2n) is 36.0. The molecule has 150 heavy (non-hydrogen) atoms. The van der Waals surface area contributed by atoms with Crippen molar-refractivity contribution in [1.29, 1.82) is 0 Å². The van der Waals surface area contributed by atoms with E-state index in [4.69, 9.17) is 0 Å². The second kappa shape index (κ2) is 51.5. The Hall–Kier alpha value is -16.8. The molecule has 15 rings (SSSR count). The van der Waals surface area contributed by atoms with Crippen LogP contribution in [0.5, 0.6) is 0 Å². The van der Waals surface area contributed by atoms with Gasteiger partial charge >= 0.3 is 0 Å². The van der Waals surface area contributed by atoms with Crippen molar-refractivity contribution in [3.63, 3.8) is 0 Å². The molecule has 5 N–H and O–H groups in total. The van der Waals surface area contributed by atoms with E-state index < -0.39 is 43.3 Å². The number of hydrogen-bond acceptors (Lipinski definition) is 12. The Balaban J connectivity index is 0.000000178. The first kappa shape index (κ1) is 114. The minimum absolute atomic E-state index is 0.0208. The average Bonchev–Trinajstić information content (AvgIpc) is 0.814. The molecule has 0 atom stereocenters. The highest BCUT2D eigenvalue weighted by Gasteiger charge is 2.23. The summed E-state index contributed by atoms with van der Waals surface area (Å²) in [7, 11) is 1.14. The Morgan fingerprint density at radius 3 is 0.760 bits per heavy atom. The summed E-state index contributed by atoms with van der Waals surface area (Å²) in [6, 6.07) is 65.5. The fourth-order valence-electron chi connectivity index (χ4n) is 16.9. The normalized spacial score (nSPS) is 10.9. The van der Waals surface area contributed by atoms with Gasteiger partial charge in [-0.15, -0.1) is 0 Å². The van der Waals surface area contributed by atoms with E-state index in [9.17, 15) is 77.1 Å². The summed E-state index contributed by atoms with van der Waals surface area (Å²) in [6.07, 6.45) is 17.2. The van der Waals surface area contributed by atoms with E-state index in [1.807, 2.05) is 121 Å². The topological polar surface area (TPSA) is 290 Å². The summed E-state index contributed by atoms with van der Waals surface area (Å²) in [5.74, 6) is -3.75. The van der Waals surface area contributed by atoms with Crippen LogP contribution in [0.3, 0.4) is 0 Å². The van der Waals surface area contributed by atoms with Crippen LogP contribution in [0, 0.1) is 49.9 Å². The van der Waals surface area contributed by atoms with Gasteiger partial charge in [0.15, 0.2) is 0 Å². The van der Waals surface area contributed by atoms with Gasteiger partial charge in [-0.2, -0.15) is 0 Å². The zero-order chi connectivity index (χ0) is 109. The highest BCUT2D eigenvalue weighted by atomic mass is 32.2. The van der Waals surface area contributed by atoms with Crippen LogP contribution in [0.25, 0.3) is 55.6 Å². The molecule has 0 bridgehead atoms. The molecule has 5 heterocycles. The van der Waals surface area contributed by atoms with Gasteiger partial charge in [-0.3, -0.25) is 47.8 Å². The fourth-order valence-corrected chi connectivity index (χ4v) is 17.9. The van der Waals surface area contributed by atoms with Crippen LogP contribution < -0.4 is 53.2 Å². The van der Waals surface area contributed by atoms with Gasteiger partial charge in [0.05, 0.1) is 0 Å². The molecule has 0 saturated carbocycles. The molecule has 0 unspecified atom stereocenters. The lowest BCUT2D eigenvalue weighted by molar-refractivity contribution is -0.112. The van der Waals surface area contributed by atoms with Crippen molar-refractivity contribution in [1.82, 2.24) is 22.8 Å². The first-order chi connectivity index (χ1) is 71.4. The zero-order valence-corrected chi connectivity index (χ0v) is 87.7. The smallest absolute Gasteiger partial charge is 0.254 e. The van der Waals surface area contributed by atoms with E-state index in [0.29, 0.717) is 123 Å². The summed E-state index contributed by atoms with van der Waals surface area (Å²) >= 11 is 0. The molecule has 29 heteroatoms. The number of carbonyl (C=O) groups is 3. The van der Waals surface area contributed by atoms with Crippen LogP contribution in [0.15, 0.2) is 341 Å². The van der Waals surface area contributed by atoms with E-state index in [0.717, 1.165) is 95.6 Å². The summed E-state index contributed by atoms with van der Waals surface area (Å²) in [4.78, 5) is 96.9. The summed E-state index contributed by atoms with van der Waals surface area (Å²) in [6.45, 7) is 32.5. The number of aromatic nitrogens is 5. The average molecular weight is 2070 g/mol. The molecule has 0 aliphatic rings. The summed E-state index contributed by atoms with van der Waals surface area (Å²) < 4.78 is 131. The Labute approximate surface area is 870 Å². The molecule has 3 amide bonds. The Bertz CT molecular complexity index is 8210. The molecule has 22 nitrogen and oxygen atoms in total. The number of aryl methyl sites for hydroxylation is 13. The Morgan fingerprint density at radius 2 is 0.520 bits per heavy atom. The van der Waals surface area contributed by atoms with E-state index >= 15 is 0 Å². The Morgan fingerprint density at radius 1 is 0.287 bits per heavy atom. The maximum Gasteiger partial charge on any atom is 0.254 e. The van der Waals surface area contributed by atoms with Crippen molar-refractivity contribution in [2.45, 2.75) is 120 Å². The zero-order valence-electron chi connectivity index (χ0n) is 86.1. The van der Waals surface area contributed by atoms with Crippen molar-refractivity contribution in [3.05, 3.63) is 498 Å². The second-order valence-corrected chi connectivity index (χ2v) is 39.3. The molecule has 0 saturated heterocycles. The third kappa shape index (κ3) is 29.8. The Kier molecular flexibility index (Phi) is 39.0. The van der Waals surface area contributed by atoms with E-state index in [1.165, 1.54) is 80.4 Å². The van der Waals surface area contributed by atoms with Crippen LogP contribution >= 0.6 is 0 Å². The van der Waals surface area contributed by atoms with Gasteiger partial charge in [-0.05, 0) is 317 Å². The first-order valence-electron chi connectivity index (χ1n) is 48.4. The first-order valence-corrected chi connectivity index (χ1v) is 51.5. The van der Waals surface area contributed by atoms with Crippen molar-refractivity contribution in [3.8, 4) is 55.6 Å². The molecule has 0 radical (unpaired) electrons.